The molecule has 0 N–H and O–H groups in total. The average molecular weight is 349 g/mol. The summed E-state index contributed by atoms with van der Waals surface area (Å²) in [5.74, 6) is -2.05. The topological polar surface area (TPSA) is 107 Å². The second-order valence-electron chi connectivity index (χ2n) is 5.90. The average Bonchev–Trinajstić information content (AvgIpc) is 2.53. The summed E-state index contributed by atoms with van der Waals surface area (Å²) in [4.78, 5) is 34.8. The van der Waals surface area contributed by atoms with Crippen molar-refractivity contribution in [3.05, 3.63) is 0 Å². The minimum atomic E-state index is -3.89. The minimum absolute atomic E-state index is 0.125. The van der Waals surface area contributed by atoms with Gasteiger partial charge in [-0.05, 0) is 26.7 Å². The van der Waals surface area contributed by atoms with Crippen LogP contribution in [-0.2, 0) is 33.9 Å². The van der Waals surface area contributed by atoms with Crippen molar-refractivity contribution in [1.82, 2.24) is 4.31 Å². The second-order valence-corrected chi connectivity index (χ2v) is 8.39. The molecule has 0 saturated carbocycles. The first-order chi connectivity index (χ1) is 10.6. The molecule has 1 fully saturated rings. The molecule has 0 amide bonds. The standard InChI is InChI=1S/C14H23NO7S/c1-14(2,13(18)22-4)23(19,20)15-7-5-10(6-8-15)11(16)9-12(17)21-3/h10H,5-9H2,1-4H3. The molecule has 0 aromatic heterocycles. The first-order valence-corrected chi connectivity index (χ1v) is 8.69. The largest absolute Gasteiger partial charge is 0.469 e. The summed E-state index contributed by atoms with van der Waals surface area (Å²) >= 11 is 0. The van der Waals surface area contributed by atoms with Gasteiger partial charge < -0.3 is 9.47 Å². The Labute approximate surface area is 136 Å². The molecule has 9 heteroatoms. The summed E-state index contributed by atoms with van der Waals surface area (Å²) in [6.45, 7) is 2.84. The van der Waals surface area contributed by atoms with E-state index >= 15 is 0 Å². The van der Waals surface area contributed by atoms with E-state index in [4.69, 9.17) is 0 Å². The SMILES string of the molecule is COC(=O)CC(=O)C1CCN(S(=O)(=O)C(C)(C)C(=O)OC)CC1. The number of nitrogens with zero attached hydrogens (tertiary/aromatic N) is 1. The fraction of sp³-hybridized carbons (Fsp3) is 0.786. The van der Waals surface area contributed by atoms with Gasteiger partial charge in [-0.3, -0.25) is 14.4 Å². The lowest BCUT2D eigenvalue weighted by molar-refractivity contribution is -0.145. The molecule has 132 valence electrons. The van der Waals surface area contributed by atoms with Gasteiger partial charge in [-0.2, -0.15) is 0 Å². The zero-order valence-electron chi connectivity index (χ0n) is 13.8. The van der Waals surface area contributed by atoms with Gasteiger partial charge in [-0.25, -0.2) is 12.7 Å². The van der Waals surface area contributed by atoms with Crippen LogP contribution in [0.4, 0.5) is 0 Å². The van der Waals surface area contributed by atoms with Gasteiger partial charge in [0.15, 0.2) is 4.75 Å². The molecule has 23 heavy (non-hydrogen) atoms. The van der Waals surface area contributed by atoms with Crippen LogP contribution in [0, 0.1) is 5.92 Å². The van der Waals surface area contributed by atoms with E-state index in [9.17, 15) is 22.8 Å². The molecule has 1 heterocycles. The van der Waals surface area contributed by atoms with Crippen molar-refractivity contribution >= 4 is 27.7 Å². The molecule has 1 aliphatic rings. The number of ether oxygens (including phenoxy) is 2. The number of hydrogen-bond acceptors (Lipinski definition) is 7. The van der Waals surface area contributed by atoms with E-state index in [2.05, 4.69) is 9.47 Å². The molecule has 0 atom stereocenters. The van der Waals surface area contributed by atoms with Gasteiger partial charge in [0.25, 0.3) is 0 Å². The van der Waals surface area contributed by atoms with Crippen molar-refractivity contribution in [2.75, 3.05) is 27.3 Å². The van der Waals surface area contributed by atoms with E-state index in [0.29, 0.717) is 12.8 Å². The Kier molecular flexibility index (Phi) is 6.29. The van der Waals surface area contributed by atoms with E-state index in [-0.39, 0.29) is 31.2 Å². The Bertz CT molecular complexity index is 574. The van der Waals surface area contributed by atoms with E-state index in [1.54, 1.807) is 0 Å². The predicted molar refractivity (Wildman–Crippen MR) is 81.0 cm³/mol. The summed E-state index contributed by atoms with van der Waals surface area (Å²) in [5, 5.41) is 0. The van der Waals surface area contributed by atoms with Gasteiger partial charge >= 0.3 is 11.9 Å². The van der Waals surface area contributed by atoms with Crippen molar-refractivity contribution in [3.63, 3.8) is 0 Å². The molecule has 0 aliphatic carbocycles. The number of Topliss-reactive ketones (excluding diaryl/α,β-unsaturated/α-hetero) is 1. The molecule has 0 aromatic carbocycles. The number of esters is 2. The maximum absolute atomic E-state index is 12.6. The number of ketones is 1. The molecule has 0 spiro atoms. The maximum atomic E-state index is 12.6. The number of sulfonamides is 1. The summed E-state index contributed by atoms with van der Waals surface area (Å²) in [7, 11) is -1.55. The van der Waals surface area contributed by atoms with Gasteiger partial charge in [-0.1, -0.05) is 0 Å². The van der Waals surface area contributed by atoms with Crippen molar-refractivity contribution in [1.29, 1.82) is 0 Å². The Morgan fingerprint density at radius 3 is 2.04 bits per heavy atom. The maximum Gasteiger partial charge on any atom is 0.328 e. The molecule has 0 radical (unpaired) electrons. The molecule has 0 unspecified atom stereocenters. The normalized spacial score (nSPS) is 17.6. The molecular formula is C14H23NO7S. The highest BCUT2D eigenvalue weighted by molar-refractivity contribution is 7.91. The van der Waals surface area contributed by atoms with Crippen molar-refractivity contribution in [3.8, 4) is 0 Å². The number of carbonyl (C=O) groups is 3. The lowest BCUT2D eigenvalue weighted by atomic mass is 9.92. The van der Waals surface area contributed by atoms with Crippen LogP contribution in [0.15, 0.2) is 0 Å². The molecule has 0 aromatic rings. The minimum Gasteiger partial charge on any atom is -0.469 e. The lowest BCUT2D eigenvalue weighted by Crippen LogP contribution is -2.52. The van der Waals surface area contributed by atoms with Crippen LogP contribution >= 0.6 is 0 Å². The molecular weight excluding hydrogens is 326 g/mol. The summed E-state index contributed by atoms with van der Waals surface area (Å²) < 4.78 is 33.7. The van der Waals surface area contributed by atoms with Crippen molar-refractivity contribution < 1.29 is 32.3 Å². The van der Waals surface area contributed by atoms with Crippen LogP contribution in [0.1, 0.15) is 33.1 Å². The highest BCUT2D eigenvalue weighted by Crippen LogP contribution is 2.28. The highest BCUT2D eigenvalue weighted by Gasteiger charge is 2.47. The number of hydrogen-bond donors (Lipinski definition) is 0. The van der Waals surface area contributed by atoms with Crippen molar-refractivity contribution in [2.45, 2.75) is 37.9 Å². The Morgan fingerprint density at radius 1 is 1.09 bits per heavy atom. The Balaban J connectivity index is 2.74. The third-order valence-corrected chi connectivity index (χ3v) is 6.62. The zero-order valence-corrected chi connectivity index (χ0v) is 14.6. The zero-order chi connectivity index (χ0) is 17.8. The van der Waals surface area contributed by atoms with Gasteiger partial charge in [0.1, 0.15) is 12.2 Å². The summed E-state index contributed by atoms with van der Waals surface area (Å²) in [5.41, 5.74) is 0. The van der Waals surface area contributed by atoms with E-state index < -0.39 is 26.7 Å². The molecule has 8 nitrogen and oxygen atoms in total. The number of rotatable bonds is 6. The fourth-order valence-electron chi connectivity index (χ4n) is 2.45. The fourth-order valence-corrected chi connectivity index (χ4v) is 4.08. The van der Waals surface area contributed by atoms with Crippen LogP contribution in [0.25, 0.3) is 0 Å². The van der Waals surface area contributed by atoms with Crippen LogP contribution in [-0.4, -0.2) is 62.5 Å². The predicted octanol–water partition coefficient (Wildman–Crippen LogP) is 0.112. The monoisotopic (exact) mass is 349 g/mol. The van der Waals surface area contributed by atoms with Gasteiger partial charge in [0.2, 0.25) is 10.0 Å². The van der Waals surface area contributed by atoms with E-state index in [1.807, 2.05) is 0 Å². The number of methoxy groups -OCH3 is 2. The molecule has 1 aliphatic heterocycles. The van der Waals surface area contributed by atoms with Crippen LogP contribution in [0.5, 0.6) is 0 Å². The summed E-state index contributed by atoms with van der Waals surface area (Å²) in [6.07, 6.45) is 0.320. The quantitative estimate of drug-likeness (QED) is 0.495. The van der Waals surface area contributed by atoms with E-state index in [0.717, 1.165) is 7.11 Å². The molecule has 1 saturated heterocycles. The van der Waals surface area contributed by atoms with Crippen LogP contribution in [0.3, 0.4) is 0 Å². The Hall–Kier alpha value is -1.48. The molecule has 0 bridgehead atoms. The summed E-state index contributed by atoms with van der Waals surface area (Å²) in [6, 6.07) is 0. The first kappa shape index (κ1) is 19.6. The number of piperidine rings is 1. The van der Waals surface area contributed by atoms with Crippen LogP contribution < -0.4 is 0 Å². The third-order valence-electron chi connectivity index (χ3n) is 4.12. The van der Waals surface area contributed by atoms with Gasteiger partial charge in [0, 0.05) is 19.0 Å². The first-order valence-electron chi connectivity index (χ1n) is 7.25. The van der Waals surface area contributed by atoms with Gasteiger partial charge in [-0.15, -0.1) is 0 Å². The van der Waals surface area contributed by atoms with Gasteiger partial charge in [0.05, 0.1) is 14.2 Å². The second kappa shape index (κ2) is 7.39. The van der Waals surface area contributed by atoms with Crippen LogP contribution in [0.2, 0.25) is 0 Å². The van der Waals surface area contributed by atoms with Crippen molar-refractivity contribution in [2.24, 2.45) is 5.92 Å². The third kappa shape index (κ3) is 4.08. The Morgan fingerprint density at radius 2 is 1.61 bits per heavy atom. The molecule has 1 rings (SSSR count). The highest BCUT2D eigenvalue weighted by atomic mass is 32.2. The van der Waals surface area contributed by atoms with E-state index in [1.165, 1.54) is 25.3 Å². The smallest absolute Gasteiger partial charge is 0.328 e. The number of carbonyl (C=O) groups excluding carboxylic acids is 3. The lowest BCUT2D eigenvalue weighted by Gasteiger charge is -2.35.